The van der Waals surface area contributed by atoms with Gasteiger partial charge in [0.15, 0.2) is 5.69 Å². The molecule has 2 aromatic carbocycles. The Balaban J connectivity index is 1.89. The summed E-state index contributed by atoms with van der Waals surface area (Å²) in [6, 6.07) is 20.5. The molecule has 0 atom stereocenters. The van der Waals surface area contributed by atoms with E-state index in [4.69, 9.17) is 4.42 Å². The highest BCUT2D eigenvalue weighted by Gasteiger charge is 2.10. The summed E-state index contributed by atoms with van der Waals surface area (Å²) >= 11 is 0. The fourth-order valence-electron chi connectivity index (χ4n) is 1.79. The Kier molecular flexibility index (Phi) is 3.29. The van der Waals surface area contributed by atoms with Crippen molar-refractivity contribution >= 4 is 11.4 Å². The van der Waals surface area contributed by atoms with Crippen LogP contribution in [0.1, 0.15) is 0 Å². The average Bonchev–Trinajstić information content (AvgIpc) is 2.88. The first-order valence-corrected chi connectivity index (χ1v) is 6.18. The van der Waals surface area contributed by atoms with Crippen LogP contribution in [0.25, 0.3) is 11.3 Å². The second-order valence-electron chi connectivity index (χ2n) is 4.20. The zero-order chi connectivity index (χ0) is 13.8. The van der Waals surface area contributed by atoms with Crippen LogP contribution in [0.2, 0.25) is 0 Å². The molecule has 0 bridgehead atoms. The molecule has 3 aromatic rings. The molecule has 0 aliphatic heterocycles. The Morgan fingerprint density at radius 3 is 2.15 bits per heavy atom. The van der Waals surface area contributed by atoms with Crippen molar-refractivity contribution < 1.29 is 9.52 Å². The van der Waals surface area contributed by atoms with E-state index in [1.165, 1.54) is 0 Å². The standard InChI is InChI=1S/C16H12N2O2/c19-16-14(18-17-13-9-5-2-6-10-13)11-15(20-16)12-7-3-1-4-8-12/h1-11,19H. The van der Waals surface area contributed by atoms with E-state index < -0.39 is 0 Å². The Bertz CT molecular complexity index is 719. The van der Waals surface area contributed by atoms with Crippen LogP contribution in [0.15, 0.2) is 81.4 Å². The lowest BCUT2D eigenvalue weighted by Gasteiger charge is -1.92. The van der Waals surface area contributed by atoms with Gasteiger partial charge in [0.05, 0.1) is 5.69 Å². The number of hydrogen-bond acceptors (Lipinski definition) is 4. The molecule has 1 heterocycles. The average molecular weight is 264 g/mol. The molecule has 98 valence electrons. The smallest absolute Gasteiger partial charge is 0.311 e. The van der Waals surface area contributed by atoms with Gasteiger partial charge in [-0.2, -0.15) is 5.11 Å². The molecule has 3 rings (SSSR count). The van der Waals surface area contributed by atoms with Crippen molar-refractivity contribution in [3.8, 4) is 17.3 Å². The van der Waals surface area contributed by atoms with E-state index in [2.05, 4.69) is 10.2 Å². The molecule has 0 aliphatic rings. The van der Waals surface area contributed by atoms with E-state index in [9.17, 15) is 5.11 Å². The number of aromatic hydroxyl groups is 1. The minimum Gasteiger partial charge on any atom is -0.479 e. The number of rotatable bonds is 3. The molecular weight excluding hydrogens is 252 g/mol. The Morgan fingerprint density at radius 1 is 0.800 bits per heavy atom. The van der Waals surface area contributed by atoms with Gasteiger partial charge in [0.2, 0.25) is 0 Å². The normalized spacial score (nSPS) is 11.0. The van der Waals surface area contributed by atoms with Crippen LogP contribution >= 0.6 is 0 Å². The Hall–Kier alpha value is -2.88. The van der Waals surface area contributed by atoms with Crippen LogP contribution in [0.5, 0.6) is 5.95 Å². The minimum absolute atomic E-state index is 0.233. The van der Waals surface area contributed by atoms with Gasteiger partial charge in [-0.1, -0.05) is 48.5 Å². The molecule has 1 aromatic heterocycles. The highest BCUT2D eigenvalue weighted by atomic mass is 16.5. The molecular formula is C16H12N2O2. The lowest BCUT2D eigenvalue weighted by molar-refractivity contribution is 0.339. The molecule has 4 nitrogen and oxygen atoms in total. The largest absolute Gasteiger partial charge is 0.479 e. The summed E-state index contributed by atoms with van der Waals surface area (Å²) in [5.41, 5.74) is 1.91. The SMILES string of the molecule is Oc1oc(-c2ccccc2)cc1N=Nc1ccccc1. The van der Waals surface area contributed by atoms with Gasteiger partial charge in [0.1, 0.15) is 5.76 Å². The van der Waals surface area contributed by atoms with Crippen LogP contribution in [-0.4, -0.2) is 5.11 Å². The van der Waals surface area contributed by atoms with Gasteiger partial charge in [0.25, 0.3) is 0 Å². The summed E-state index contributed by atoms with van der Waals surface area (Å²) in [5.74, 6) is 0.327. The summed E-state index contributed by atoms with van der Waals surface area (Å²) in [6.45, 7) is 0. The number of furan rings is 1. The molecule has 0 fully saturated rings. The predicted octanol–water partition coefficient (Wildman–Crippen LogP) is 5.07. The third-order valence-electron chi connectivity index (χ3n) is 2.78. The van der Waals surface area contributed by atoms with E-state index in [0.29, 0.717) is 11.4 Å². The second-order valence-corrected chi connectivity index (χ2v) is 4.20. The van der Waals surface area contributed by atoms with Crippen molar-refractivity contribution in [3.63, 3.8) is 0 Å². The predicted molar refractivity (Wildman–Crippen MR) is 76.4 cm³/mol. The summed E-state index contributed by atoms with van der Waals surface area (Å²) in [5, 5.41) is 17.8. The molecule has 0 saturated heterocycles. The molecule has 0 unspecified atom stereocenters. The Morgan fingerprint density at radius 2 is 1.45 bits per heavy atom. The molecule has 4 heteroatoms. The van der Waals surface area contributed by atoms with Crippen molar-refractivity contribution in [1.29, 1.82) is 0 Å². The van der Waals surface area contributed by atoms with Crippen LogP contribution in [-0.2, 0) is 0 Å². The van der Waals surface area contributed by atoms with Gasteiger partial charge in [-0.15, -0.1) is 5.11 Å². The number of benzene rings is 2. The van der Waals surface area contributed by atoms with E-state index in [-0.39, 0.29) is 5.95 Å². The maximum atomic E-state index is 9.75. The van der Waals surface area contributed by atoms with Crippen molar-refractivity contribution in [2.75, 3.05) is 0 Å². The highest BCUT2D eigenvalue weighted by Crippen LogP contribution is 2.36. The fourth-order valence-corrected chi connectivity index (χ4v) is 1.79. The molecule has 0 aliphatic carbocycles. The molecule has 0 radical (unpaired) electrons. The minimum atomic E-state index is -0.233. The first-order chi connectivity index (χ1) is 9.83. The zero-order valence-electron chi connectivity index (χ0n) is 10.6. The maximum absolute atomic E-state index is 9.75. The first kappa shape index (κ1) is 12.2. The Labute approximate surface area is 116 Å². The van der Waals surface area contributed by atoms with Gasteiger partial charge in [-0.05, 0) is 12.1 Å². The van der Waals surface area contributed by atoms with Gasteiger partial charge in [-0.25, -0.2) is 0 Å². The molecule has 0 spiro atoms. The molecule has 20 heavy (non-hydrogen) atoms. The van der Waals surface area contributed by atoms with Crippen molar-refractivity contribution in [2.24, 2.45) is 10.2 Å². The lowest BCUT2D eigenvalue weighted by atomic mass is 10.2. The van der Waals surface area contributed by atoms with Crippen molar-refractivity contribution in [1.82, 2.24) is 0 Å². The summed E-state index contributed by atoms with van der Waals surface area (Å²) in [4.78, 5) is 0. The fraction of sp³-hybridized carbons (Fsp3) is 0. The monoisotopic (exact) mass is 264 g/mol. The second kappa shape index (κ2) is 5.40. The quantitative estimate of drug-likeness (QED) is 0.671. The van der Waals surface area contributed by atoms with Crippen LogP contribution in [0.3, 0.4) is 0 Å². The van der Waals surface area contributed by atoms with E-state index in [0.717, 1.165) is 11.3 Å². The third kappa shape index (κ3) is 2.59. The van der Waals surface area contributed by atoms with Crippen LogP contribution in [0, 0.1) is 0 Å². The van der Waals surface area contributed by atoms with Crippen LogP contribution in [0.4, 0.5) is 11.4 Å². The third-order valence-corrected chi connectivity index (χ3v) is 2.78. The zero-order valence-corrected chi connectivity index (χ0v) is 10.6. The lowest BCUT2D eigenvalue weighted by Crippen LogP contribution is -1.69. The molecule has 1 N–H and O–H groups in total. The first-order valence-electron chi connectivity index (χ1n) is 6.18. The van der Waals surface area contributed by atoms with Crippen molar-refractivity contribution in [3.05, 3.63) is 66.7 Å². The number of azo groups is 1. The van der Waals surface area contributed by atoms with E-state index >= 15 is 0 Å². The van der Waals surface area contributed by atoms with Gasteiger partial charge in [0, 0.05) is 11.6 Å². The topological polar surface area (TPSA) is 58.1 Å². The number of hydrogen-bond donors (Lipinski definition) is 1. The molecule has 0 saturated carbocycles. The van der Waals surface area contributed by atoms with Crippen LogP contribution < -0.4 is 0 Å². The summed E-state index contributed by atoms with van der Waals surface area (Å²) in [7, 11) is 0. The van der Waals surface area contributed by atoms with E-state index in [1.807, 2.05) is 60.7 Å². The van der Waals surface area contributed by atoms with E-state index in [1.54, 1.807) is 6.07 Å². The summed E-state index contributed by atoms with van der Waals surface area (Å²) in [6.07, 6.45) is 0. The summed E-state index contributed by atoms with van der Waals surface area (Å²) < 4.78 is 5.29. The number of nitrogens with zero attached hydrogens (tertiary/aromatic N) is 2. The van der Waals surface area contributed by atoms with Gasteiger partial charge >= 0.3 is 5.95 Å². The molecule has 0 amide bonds. The highest BCUT2D eigenvalue weighted by molar-refractivity contribution is 5.64. The maximum Gasteiger partial charge on any atom is 0.311 e. The van der Waals surface area contributed by atoms with Crippen molar-refractivity contribution in [2.45, 2.75) is 0 Å². The van der Waals surface area contributed by atoms with Gasteiger partial charge < -0.3 is 9.52 Å². The van der Waals surface area contributed by atoms with Gasteiger partial charge in [-0.3, -0.25) is 0 Å².